The summed E-state index contributed by atoms with van der Waals surface area (Å²) in [5, 5.41) is 13.8. The first-order valence-corrected chi connectivity index (χ1v) is 7.53. The fraction of sp³-hybridized carbons (Fsp3) is 0.625. The maximum atomic E-state index is 10.4. The topological polar surface area (TPSA) is 61.5 Å². The van der Waals surface area contributed by atoms with Crippen molar-refractivity contribution in [2.45, 2.75) is 33.2 Å². The smallest absolute Gasteiger partial charge is 0.143 e. The SMILES string of the molecule is Cc1ccc(N)c(O)c1[C@H](CC(C)C)N1CCNCC1. The van der Waals surface area contributed by atoms with Crippen LogP contribution in [0.2, 0.25) is 0 Å². The van der Waals surface area contributed by atoms with E-state index in [1.165, 1.54) is 0 Å². The van der Waals surface area contributed by atoms with Gasteiger partial charge in [0.2, 0.25) is 0 Å². The molecule has 0 radical (unpaired) electrons. The third-order valence-electron chi connectivity index (χ3n) is 4.09. The van der Waals surface area contributed by atoms with E-state index >= 15 is 0 Å². The number of nitrogens with zero attached hydrogens (tertiary/aromatic N) is 1. The van der Waals surface area contributed by atoms with Crippen LogP contribution in [0, 0.1) is 12.8 Å². The van der Waals surface area contributed by atoms with Gasteiger partial charge in [0.15, 0.2) is 0 Å². The fourth-order valence-corrected chi connectivity index (χ4v) is 3.04. The van der Waals surface area contributed by atoms with Crippen LogP contribution in [0.1, 0.15) is 37.4 Å². The Balaban J connectivity index is 2.37. The summed E-state index contributed by atoms with van der Waals surface area (Å²) in [6.45, 7) is 10.6. The van der Waals surface area contributed by atoms with E-state index in [-0.39, 0.29) is 11.8 Å². The highest BCUT2D eigenvalue weighted by atomic mass is 16.3. The van der Waals surface area contributed by atoms with Crippen molar-refractivity contribution in [3.63, 3.8) is 0 Å². The number of phenols is 1. The Bertz CT molecular complexity index is 453. The number of phenolic OH excluding ortho intramolecular Hbond substituents is 1. The van der Waals surface area contributed by atoms with Crippen molar-refractivity contribution in [3.05, 3.63) is 23.3 Å². The number of rotatable bonds is 4. The molecule has 1 atom stereocenters. The summed E-state index contributed by atoms with van der Waals surface area (Å²) in [4.78, 5) is 2.47. The van der Waals surface area contributed by atoms with Crippen molar-refractivity contribution in [3.8, 4) is 5.75 Å². The fourth-order valence-electron chi connectivity index (χ4n) is 3.04. The Morgan fingerprint density at radius 1 is 1.30 bits per heavy atom. The van der Waals surface area contributed by atoms with Crippen LogP contribution in [0.3, 0.4) is 0 Å². The Morgan fingerprint density at radius 2 is 1.95 bits per heavy atom. The lowest BCUT2D eigenvalue weighted by Gasteiger charge is -2.37. The minimum absolute atomic E-state index is 0.251. The molecule has 0 bridgehead atoms. The number of benzene rings is 1. The van der Waals surface area contributed by atoms with E-state index in [0.29, 0.717) is 11.6 Å². The molecular weight excluding hydrogens is 250 g/mol. The first-order valence-electron chi connectivity index (χ1n) is 7.53. The molecule has 112 valence electrons. The van der Waals surface area contributed by atoms with E-state index in [4.69, 9.17) is 5.73 Å². The molecule has 20 heavy (non-hydrogen) atoms. The molecule has 0 aromatic heterocycles. The summed E-state index contributed by atoms with van der Waals surface area (Å²) in [7, 11) is 0. The average molecular weight is 277 g/mol. The number of aryl methyl sites for hydroxylation is 1. The number of nitrogen functional groups attached to an aromatic ring is 1. The van der Waals surface area contributed by atoms with Crippen molar-refractivity contribution in [2.75, 3.05) is 31.9 Å². The van der Waals surface area contributed by atoms with E-state index in [1.54, 1.807) is 6.07 Å². The second kappa shape index (κ2) is 6.46. The van der Waals surface area contributed by atoms with Crippen LogP contribution in [0.25, 0.3) is 0 Å². The maximum Gasteiger partial charge on any atom is 0.143 e. The molecule has 0 amide bonds. The lowest BCUT2D eigenvalue weighted by atomic mass is 9.91. The van der Waals surface area contributed by atoms with Gasteiger partial charge in [-0.2, -0.15) is 0 Å². The number of piperazine rings is 1. The van der Waals surface area contributed by atoms with Crippen molar-refractivity contribution >= 4 is 5.69 Å². The third-order valence-corrected chi connectivity index (χ3v) is 4.09. The summed E-state index contributed by atoms with van der Waals surface area (Å²) >= 11 is 0. The maximum absolute atomic E-state index is 10.4. The van der Waals surface area contributed by atoms with E-state index in [1.807, 2.05) is 6.07 Å². The van der Waals surface area contributed by atoms with Crippen LogP contribution in [0.4, 0.5) is 5.69 Å². The molecule has 0 aliphatic carbocycles. The van der Waals surface area contributed by atoms with Crippen LogP contribution < -0.4 is 11.1 Å². The highest BCUT2D eigenvalue weighted by Crippen LogP contribution is 2.39. The van der Waals surface area contributed by atoms with E-state index in [2.05, 4.69) is 31.0 Å². The molecule has 1 heterocycles. The van der Waals surface area contributed by atoms with Gasteiger partial charge < -0.3 is 16.2 Å². The first-order chi connectivity index (χ1) is 9.50. The molecule has 2 rings (SSSR count). The van der Waals surface area contributed by atoms with E-state index < -0.39 is 0 Å². The average Bonchev–Trinajstić information content (AvgIpc) is 2.43. The number of hydrogen-bond donors (Lipinski definition) is 3. The second-order valence-electron chi connectivity index (χ2n) is 6.17. The zero-order valence-corrected chi connectivity index (χ0v) is 12.8. The van der Waals surface area contributed by atoms with Gasteiger partial charge in [-0.05, 0) is 30.9 Å². The number of aromatic hydroxyl groups is 1. The quantitative estimate of drug-likeness (QED) is 0.583. The molecule has 1 aliphatic rings. The van der Waals surface area contributed by atoms with E-state index in [9.17, 15) is 5.11 Å². The Kier molecular flexibility index (Phi) is 4.89. The summed E-state index contributed by atoms with van der Waals surface area (Å²) < 4.78 is 0. The van der Waals surface area contributed by atoms with Crippen molar-refractivity contribution in [1.29, 1.82) is 0 Å². The second-order valence-corrected chi connectivity index (χ2v) is 6.17. The van der Waals surface area contributed by atoms with Gasteiger partial charge in [0.05, 0.1) is 5.69 Å². The first kappa shape index (κ1) is 15.1. The lowest BCUT2D eigenvalue weighted by molar-refractivity contribution is 0.151. The third kappa shape index (κ3) is 3.25. The number of nitrogens with two attached hydrogens (primary N) is 1. The minimum Gasteiger partial charge on any atom is -0.505 e. The van der Waals surface area contributed by atoms with Crippen molar-refractivity contribution < 1.29 is 5.11 Å². The summed E-state index contributed by atoms with van der Waals surface area (Å²) in [5.41, 5.74) is 8.53. The number of nitrogens with one attached hydrogen (secondary N) is 1. The zero-order chi connectivity index (χ0) is 14.7. The van der Waals surface area contributed by atoms with Crippen LogP contribution in [-0.4, -0.2) is 36.2 Å². The lowest BCUT2D eigenvalue weighted by Crippen LogP contribution is -2.45. The molecule has 0 unspecified atom stereocenters. The van der Waals surface area contributed by atoms with Crippen molar-refractivity contribution in [1.82, 2.24) is 10.2 Å². The molecule has 1 aromatic rings. The van der Waals surface area contributed by atoms with Crippen LogP contribution >= 0.6 is 0 Å². The van der Waals surface area contributed by atoms with Crippen LogP contribution in [0.5, 0.6) is 5.75 Å². The predicted octanol–water partition coefficient (Wildman–Crippen LogP) is 2.28. The monoisotopic (exact) mass is 277 g/mol. The van der Waals surface area contributed by atoms with Crippen LogP contribution in [0.15, 0.2) is 12.1 Å². The molecule has 1 fully saturated rings. The molecule has 4 N–H and O–H groups in total. The number of hydrogen-bond acceptors (Lipinski definition) is 4. The van der Waals surface area contributed by atoms with Gasteiger partial charge in [-0.15, -0.1) is 0 Å². The Morgan fingerprint density at radius 3 is 2.55 bits per heavy atom. The molecule has 0 saturated carbocycles. The summed E-state index contributed by atoms with van der Waals surface area (Å²) in [5.74, 6) is 0.851. The minimum atomic E-state index is 0.251. The predicted molar refractivity (Wildman–Crippen MR) is 83.9 cm³/mol. The highest BCUT2D eigenvalue weighted by Gasteiger charge is 2.27. The molecular formula is C16H27N3O. The molecule has 4 nitrogen and oxygen atoms in total. The summed E-state index contributed by atoms with van der Waals surface area (Å²) in [6.07, 6.45) is 1.04. The van der Waals surface area contributed by atoms with Gasteiger partial charge in [0, 0.05) is 37.8 Å². The number of anilines is 1. The van der Waals surface area contributed by atoms with Gasteiger partial charge in [-0.3, -0.25) is 4.90 Å². The standard InChI is InChI=1S/C16H27N3O/c1-11(2)10-14(19-8-6-18-7-9-19)15-12(3)4-5-13(17)16(15)20/h4-5,11,14,18,20H,6-10,17H2,1-3H3/t14-/m0/s1. The molecule has 0 spiro atoms. The highest BCUT2D eigenvalue weighted by molar-refractivity contribution is 5.59. The molecule has 4 heteroatoms. The summed E-state index contributed by atoms with van der Waals surface area (Å²) in [6, 6.07) is 4.05. The van der Waals surface area contributed by atoms with Gasteiger partial charge in [-0.25, -0.2) is 0 Å². The normalized spacial score (nSPS) is 18.4. The largest absolute Gasteiger partial charge is 0.505 e. The van der Waals surface area contributed by atoms with Crippen molar-refractivity contribution in [2.24, 2.45) is 5.92 Å². The van der Waals surface area contributed by atoms with Gasteiger partial charge >= 0.3 is 0 Å². The Hall–Kier alpha value is -1.26. The van der Waals surface area contributed by atoms with Gasteiger partial charge in [0.1, 0.15) is 5.75 Å². The van der Waals surface area contributed by atoms with Gasteiger partial charge in [-0.1, -0.05) is 19.9 Å². The zero-order valence-electron chi connectivity index (χ0n) is 12.8. The molecule has 1 aromatic carbocycles. The van der Waals surface area contributed by atoms with Crippen LogP contribution in [-0.2, 0) is 0 Å². The molecule has 1 aliphatic heterocycles. The van der Waals surface area contributed by atoms with E-state index in [0.717, 1.165) is 43.7 Å². The van der Waals surface area contributed by atoms with Gasteiger partial charge in [0.25, 0.3) is 0 Å². The molecule has 1 saturated heterocycles. The Labute approximate surface area is 122 Å².